The Hall–Kier alpha value is -2.61. The summed E-state index contributed by atoms with van der Waals surface area (Å²) in [6.07, 6.45) is 5.45. The Morgan fingerprint density at radius 1 is 1.27 bits per heavy atom. The van der Waals surface area contributed by atoms with Crippen molar-refractivity contribution >= 4 is 17.7 Å². The van der Waals surface area contributed by atoms with Crippen molar-refractivity contribution in [2.45, 2.75) is 39.2 Å². The minimum Gasteiger partial charge on any atom is -0.384 e. The number of carbonyl (C=O) groups excluding carboxylic acids is 1. The monoisotopic (exact) mass is 356 g/mol. The molecule has 138 valence electrons. The molecule has 1 aliphatic rings. The highest BCUT2D eigenvalue weighted by Gasteiger charge is 2.32. The van der Waals surface area contributed by atoms with Gasteiger partial charge in [-0.2, -0.15) is 0 Å². The van der Waals surface area contributed by atoms with Crippen molar-refractivity contribution in [3.05, 3.63) is 35.5 Å². The molecule has 1 aliphatic heterocycles. The molecular weight excluding hydrogens is 332 g/mol. The maximum atomic E-state index is 12.5. The number of aryl methyl sites for hydroxylation is 2. The molecular formula is C18H24N6O2. The average molecular weight is 356 g/mol. The lowest BCUT2D eigenvalue weighted by atomic mass is 10.1. The van der Waals surface area contributed by atoms with Gasteiger partial charge < -0.3 is 15.0 Å². The molecule has 1 unspecified atom stereocenters. The van der Waals surface area contributed by atoms with Crippen molar-refractivity contribution in [2.24, 2.45) is 0 Å². The van der Waals surface area contributed by atoms with E-state index in [4.69, 9.17) is 4.74 Å². The maximum Gasteiger partial charge on any atom is 0.228 e. The topological polar surface area (TPSA) is 93.1 Å². The first-order valence-electron chi connectivity index (χ1n) is 8.77. The van der Waals surface area contributed by atoms with Gasteiger partial charge in [-0.15, -0.1) is 0 Å². The number of nitrogens with zero attached hydrogens (tertiary/aromatic N) is 5. The summed E-state index contributed by atoms with van der Waals surface area (Å²) in [5, 5.41) is 3.18. The van der Waals surface area contributed by atoms with E-state index in [1.807, 2.05) is 24.8 Å². The normalized spacial score (nSPS) is 16.7. The molecule has 2 aromatic rings. The Bertz CT molecular complexity index is 762. The van der Waals surface area contributed by atoms with Gasteiger partial charge in [0.25, 0.3) is 0 Å². The number of hydrogen-bond acceptors (Lipinski definition) is 7. The molecule has 26 heavy (non-hydrogen) atoms. The van der Waals surface area contributed by atoms with E-state index < -0.39 is 0 Å². The first-order chi connectivity index (χ1) is 12.6. The summed E-state index contributed by atoms with van der Waals surface area (Å²) in [7, 11) is 1.60. The van der Waals surface area contributed by atoms with E-state index in [1.165, 1.54) is 0 Å². The van der Waals surface area contributed by atoms with Crippen LogP contribution in [-0.2, 0) is 9.53 Å². The second kappa shape index (κ2) is 8.18. The smallest absolute Gasteiger partial charge is 0.228 e. The molecule has 8 nitrogen and oxygen atoms in total. The Balaban J connectivity index is 1.85. The zero-order chi connectivity index (χ0) is 18.5. The van der Waals surface area contributed by atoms with Crippen LogP contribution >= 0.6 is 0 Å². The van der Waals surface area contributed by atoms with Gasteiger partial charge in [-0.05, 0) is 32.8 Å². The van der Waals surface area contributed by atoms with Gasteiger partial charge in [0, 0.05) is 37.4 Å². The molecule has 1 saturated heterocycles. The van der Waals surface area contributed by atoms with Crippen LogP contribution in [0.5, 0.6) is 0 Å². The minimum absolute atomic E-state index is 0.0774. The number of ether oxygens (including phenoxy) is 1. The van der Waals surface area contributed by atoms with Gasteiger partial charge in [-0.3, -0.25) is 9.78 Å². The standard InChI is InChI=1S/C18H24N6O2/c1-12-11-13(2)22-18(21-12)23-17-16(19-7-8-20-17)14-5-4-9-24(14)15(25)6-10-26-3/h7-8,11,14H,4-6,9-10H2,1-3H3,(H,20,21,22,23). The fraction of sp³-hybridized carbons (Fsp3) is 0.500. The van der Waals surface area contributed by atoms with Crippen LogP contribution in [-0.4, -0.2) is 51.0 Å². The van der Waals surface area contributed by atoms with Crippen molar-refractivity contribution in [1.82, 2.24) is 24.8 Å². The number of amides is 1. The van der Waals surface area contributed by atoms with Crippen LogP contribution in [0.15, 0.2) is 18.5 Å². The third-order valence-electron chi connectivity index (χ3n) is 4.35. The fourth-order valence-electron chi connectivity index (χ4n) is 3.26. The number of likely N-dealkylation sites (tertiary alicyclic amines) is 1. The van der Waals surface area contributed by atoms with Gasteiger partial charge in [0.15, 0.2) is 5.82 Å². The minimum atomic E-state index is -0.0959. The van der Waals surface area contributed by atoms with Crippen molar-refractivity contribution in [1.29, 1.82) is 0 Å². The van der Waals surface area contributed by atoms with E-state index in [0.717, 1.165) is 36.5 Å². The highest BCUT2D eigenvalue weighted by Crippen LogP contribution is 2.34. The van der Waals surface area contributed by atoms with Crippen LogP contribution in [0.4, 0.5) is 11.8 Å². The summed E-state index contributed by atoms with van der Waals surface area (Å²) >= 11 is 0. The number of anilines is 2. The number of hydrogen-bond donors (Lipinski definition) is 1. The van der Waals surface area contributed by atoms with Gasteiger partial charge in [0.1, 0.15) is 5.69 Å². The van der Waals surface area contributed by atoms with Gasteiger partial charge in [-0.1, -0.05) is 0 Å². The molecule has 0 bridgehead atoms. The third-order valence-corrected chi connectivity index (χ3v) is 4.35. The summed E-state index contributed by atoms with van der Waals surface area (Å²) < 4.78 is 5.03. The maximum absolute atomic E-state index is 12.5. The highest BCUT2D eigenvalue weighted by molar-refractivity contribution is 5.77. The summed E-state index contributed by atoms with van der Waals surface area (Å²) in [6.45, 7) is 4.99. The quantitative estimate of drug-likeness (QED) is 0.849. The Labute approximate surface area is 153 Å². The predicted octanol–water partition coefficient (Wildman–Crippen LogP) is 2.33. The summed E-state index contributed by atoms with van der Waals surface area (Å²) in [5.74, 6) is 1.15. The van der Waals surface area contributed by atoms with E-state index in [1.54, 1.807) is 19.5 Å². The molecule has 0 saturated carbocycles. The molecule has 3 heterocycles. The zero-order valence-corrected chi connectivity index (χ0v) is 15.4. The second-order valence-corrected chi connectivity index (χ2v) is 6.38. The van der Waals surface area contributed by atoms with Crippen LogP contribution in [0.1, 0.15) is 42.4 Å². The number of aromatic nitrogens is 4. The molecule has 1 atom stereocenters. The molecule has 1 N–H and O–H groups in total. The molecule has 0 spiro atoms. The summed E-state index contributed by atoms with van der Waals surface area (Å²) in [6, 6.07) is 1.82. The molecule has 0 aromatic carbocycles. The van der Waals surface area contributed by atoms with E-state index in [-0.39, 0.29) is 11.9 Å². The van der Waals surface area contributed by atoms with Gasteiger partial charge in [0.05, 0.1) is 19.1 Å². The first-order valence-corrected chi connectivity index (χ1v) is 8.77. The number of rotatable bonds is 6. The lowest BCUT2D eigenvalue weighted by Crippen LogP contribution is -2.32. The lowest BCUT2D eigenvalue weighted by Gasteiger charge is -2.25. The molecule has 0 aliphatic carbocycles. The average Bonchev–Trinajstić information content (AvgIpc) is 3.09. The lowest BCUT2D eigenvalue weighted by molar-refractivity contribution is -0.133. The largest absolute Gasteiger partial charge is 0.384 e. The molecule has 0 radical (unpaired) electrons. The van der Waals surface area contributed by atoms with Crippen molar-refractivity contribution in [3.8, 4) is 0 Å². The Morgan fingerprint density at radius 2 is 2.00 bits per heavy atom. The molecule has 1 fully saturated rings. The van der Waals surface area contributed by atoms with E-state index in [0.29, 0.717) is 24.8 Å². The number of nitrogens with one attached hydrogen (secondary N) is 1. The van der Waals surface area contributed by atoms with Crippen LogP contribution in [0.3, 0.4) is 0 Å². The molecule has 2 aromatic heterocycles. The summed E-state index contributed by atoms with van der Waals surface area (Å²) in [5.41, 5.74) is 2.50. The van der Waals surface area contributed by atoms with Gasteiger partial charge in [-0.25, -0.2) is 15.0 Å². The molecule has 1 amide bonds. The number of methoxy groups -OCH3 is 1. The fourth-order valence-corrected chi connectivity index (χ4v) is 3.26. The highest BCUT2D eigenvalue weighted by atomic mass is 16.5. The van der Waals surface area contributed by atoms with E-state index >= 15 is 0 Å². The number of carbonyl (C=O) groups is 1. The van der Waals surface area contributed by atoms with E-state index in [2.05, 4.69) is 25.3 Å². The van der Waals surface area contributed by atoms with Crippen LogP contribution < -0.4 is 5.32 Å². The zero-order valence-electron chi connectivity index (χ0n) is 15.4. The van der Waals surface area contributed by atoms with Gasteiger partial charge >= 0.3 is 0 Å². The SMILES string of the molecule is COCCC(=O)N1CCCC1c1nccnc1Nc1nc(C)cc(C)n1. The molecule has 3 rings (SSSR count). The van der Waals surface area contributed by atoms with Crippen molar-refractivity contribution < 1.29 is 9.53 Å². The Morgan fingerprint density at radius 3 is 2.73 bits per heavy atom. The van der Waals surface area contributed by atoms with Crippen LogP contribution in [0, 0.1) is 13.8 Å². The predicted molar refractivity (Wildman–Crippen MR) is 97.0 cm³/mol. The van der Waals surface area contributed by atoms with Crippen LogP contribution in [0.2, 0.25) is 0 Å². The van der Waals surface area contributed by atoms with E-state index in [9.17, 15) is 4.79 Å². The van der Waals surface area contributed by atoms with Crippen molar-refractivity contribution in [3.63, 3.8) is 0 Å². The summed E-state index contributed by atoms with van der Waals surface area (Å²) in [4.78, 5) is 32.1. The molecule has 8 heteroatoms. The van der Waals surface area contributed by atoms with Crippen molar-refractivity contribution in [2.75, 3.05) is 25.6 Å². The van der Waals surface area contributed by atoms with Crippen LogP contribution in [0.25, 0.3) is 0 Å². The third kappa shape index (κ3) is 4.13. The van der Waals surface area contributed by atoms with Gasteiger partial charge in [0.2, 0.25) is 11.9 Å². The first kappa shape index (κ1) is 18.2. The second-order valence-electron chi connectivity index (χ2n) is 6.38. The Kier molecular flexibility index (Phi) is 5.72.